The number of hydrogen-bond donors (Lipinski definition) is 3. The maximum atomic E-state index is 12.1. The third-order valence-electron chi connectivity index (χ3n) is 4.28. The lowest BCUT2D eigenvalue weighted by molar-refractivity contribution is -0.142. The standard InChI is InChI=1S/C14H24N2O4/c1-14(7-8-20-9-14)16-13(19)15-11-6-4-2-3-5-10(11)12(17)18/h10-11H,2-9H2,1H3,(H,17,18)(H2,15,16,19). The number of nitrogens with one attached hydrogen (secondary N) is 2. The first kappa shape index (κ1) is 15.1. The van der Waals surface area contributed by atoms with Crippen LogP contribution in [0.1, 0.15) is 45.4 Å². The van der Waals surface area contributed by atoms with Crippen molar-refractivity contribution in [2.45, 2.75) is 57.0 Å². The van der Waals surface area contributed by atoms with Crippen molar-refractivity contribution in [2.75, 3.05) is 13.2 Å². The minimum Gasteiger partial charge on any atom is -0.481 e. The highest BCUT2D eigenvalue weighted by atomic mass is 16.5. The van der Waals surface area contributed by atoms with Crippen molar-refractivity contribution >= 4 is 12.0 Å². The predicted octanol–water partition coefficient (Wildman–Crippen LogP) is 1.50. The van der Waals surface area contributed by atoms with Crippen molar-refractivity contribution in [1.29, 1.82) is 0 Å². The van der Waals surface area contributed by atoms with E-state index < -0.39 is 11.9 Å². The van der Waals surface area contributed by atoms with Gasteiger partial charge in [-0.3, -0.25) is 4.79 Å². The fourth-order valence-corrected chi connectivity index (χ4v) is 3.02. The van der Waals surface area contributed by atoms with Crippen molar-refractivity contribution in [3.63, 3.8) is 0 Å². The number of ether oxygens (including phenoxy) is 1. The summed E-state index contributed by atoms with van der Waals surface area (Å²) in [5.41, 5.74) is -0.340. The van der Waals surface area contributed by atoms with Gasteiger partial charge in [0.1, 0.15) is 0 Å². The van der Waals surface area contributed by atoms with Crippen LogP contribution in [0, 0.1) is 5.92 Å². The molecular weight excluding hydrogens is 260 g/mol. The highest BCUT2D eigenvalue weighted by Gasteiger charge is 2.34. The average Bonchev–Trinajstić information content (AvgIpc) is 2.65. The lowest BCUT2D eigenvalue weighted by atomic mass is 9.95. The molecule has 2 rings (SSSR count). The van der Waals surface area contributed by atoms with Crippen molar-refractivity contribution in [1.82, 2.24) is 10.6 Å². The van der Waals surface area contributed by atoms with Crippen LogP contribution in [-0.2, 0) is 9.53 Å². The molecule has 3 atom stereocenters. The molecule has 0 aromatic heterocycles. The van der Waals surface area contributed by atoms with Gasteiger partial charge in [-0.2, -0.15) is 0 Å². The van der Waals surface area contributed by atoms with E-state index in [1.54, 1.807) is 0 Å². The lowest BCUT2D eigenvalue weighted by Crippen LogP contribution is -2.54. The molecule has 20 heavy (non-hydrogen) atoms. The van der Waals surface area contributed by atoms with E-state index in [1.807, 2.05) is 6.92 Å². The fourth-order valence-electron chi connectivity index (χ4n) is 3.02. The number of carboxylic acid groups (broad SMARTS) is 1. The molecule has 0 bridgehead atoms. The largest absolute Gasteiger partial charge is 0.481 e. The summed E-state index contributed by atoms with van der Waals surface area (Å²) in [6, 6.07) is -0.558. The van der Waals surface area contributed by atoms with Crippen LogP contribution < -0.4 is 10.6 Å². The Morgan fingerprint density at radius 1 is 1.25 bits per heavy atom. The van der Waals surface area contributed by atoms with Crippen LogP contribution in [0.2, 0.25) is 0 Å². The summed E-state index contributed by atoms with van der Waals surface area (Å²) in [7, 11) is 0. The van der Waals surface area contributed by atoms with E-state index in [1.165, 1.54) is 0 Å². The second-order valence-corrected chi connectivity index (χ2v) is 6.15. The molecule has 2 aliphatic rings. The van der Waals surface area contributed by atoms with Crippen LogP contribution in [0.5, 0.6) is 0 Å². The molecule has 3 unspecified atom stereocenters. The summed E-state index contributed by atoms with van der Waals surface area (Å²) in [4.78, 5) is 23.4. The molecule has 1 heterocycles. The quantitative estimate of drug-likeness (QED) is 0.685. The number of amides is 2. The second-order valence-electron chi connectivity index (χ2n) is 6.15. The first-order chi connectivity index (χ1) is 9.50. The Labute approximate surface area is 119 Å². The van der Waals surface area contributed by atoms with Gasteiger partial charge >= 0.3 is 12.0 Å². The third-order valence-corrected chi connectivity index (χ3v) is 4.28. The Morgan fingerprint density at radius 2 is 2.00 bits per heavy atom. The number of carbonyl (C=O) groups is 2. The predicted molar refractivity (Wildman–Crippen MR) is 73.5 cm³/mol. The van der Waals surface area contributed by atoms with Crippen LogP contribution in [-0.4, -0.2) is 41.9 Å². The van der Waals surface area contributed by atoms with Crippen molar-refractivity contribution in [2.24, 2.45) is 5.92 Å². The number of urea groups is 1. The highest BCUT2D eigenvalue weighted by Crippen LogP contribution is 2.24. The maximum Gasteiger partial charge on any atom is 0.315 e. The SMILES string of the molecule is CC1(NC(=O)NC2CCCCCC2C(=O)O)CCOC1. The molecule has 3 N–H and O–H groups in total. The summed E-state index contributed by atoms with van der Waals surface area (Å²) in [6.45, 7) is 3.10. The normalized spacial score (nSPS) is 34.2. The topological polar surface area (TPSA) is 87.7 Å². The second kappa shape index (κ2) is 6.43. The van der Waals surface area contributed by atoms with E-state index >= 15 is 0 Å². The average molecular weight is 284 g/mol. The van der Waals surface area contributed by atoms with Gasteiger partial charge in [-0.25, -0.2) is 4.79 Å². The zero-order valence-electron chi connectivity index (χ0n) is 12.0. The number of aliphatic carboxylic acids is 1. The molecule has 2 amide bonds. The molecule has 1 aliphatic carbocycles. The molecule has 0 spiro atoms. The van der Waals surface area contributed by atoms with Gasteiger partial charge in [-0.15, -0.1) is 0 Å². The molecule has 0 radical (unpaired) electrons. The van der Waals surface area contributed by atoms with Crippen LogP contribution in [0.4, 0.5) is 4.79 Å². The molecule has 1 saturated carbocycles. The minimum absolute atomic E-state index is 0.277. The van der Waals surface area contributed by atoms with Crippen LogP contribution in [0.15, 0.2) is 0 Å². The number of carbonyl (C=O) groups excluding carboxylic acids is 1. The third kappa shape index (κ3) is 3.85. The van der Waals surface area contributed by atoms with Gasteiger partial charge in [-0.1, -0.05) is 19.3 Å². The smallest absolute Gasteiger partial charge is 0.315 e. The van der Waals surface area contributed by atoms with Crippen LogP contribution >= 0.6 is 0 Å². The fraction of sp³-hybridized carbons (Fsp3) is 0.857. The molecule has 0 aromatic carbocycles. The van der Waals surface area contributed by atoms with Gasteiger partial charge in [0.15, 0.2) is 0 Å². The van der Waals surface area contributed by atoms with Gasteiger partial charge in [-0.05, 0) is 26.2 Å². The Morgan fingerprint density at radius 3 is 2.65 bits per heavy atom. The van der Waals surface area contributed by atoms with Crippen molar-refractivity contribution in [3.8, 4) is 0 Å². The molecule has 0 aromatic rings. The molecular formula is C14H24N2O4. The molecule has 6 nitrogen and oxygen atoms in total. The Bertz CT molecular complexity index is 366. The number of hydrogen-bond acceptors (Lipinski definition) is 3. The van der Waals surface area contributed by atoms with Gasteiger partial charge in [0.05, 0.1) is 18.1 Å². The zero-order valence-corrected chi connectivity index (χ0v) is 12.0. The van der Waals surface area contributed by atoms with Gasteiger partial charge in [0.25, 0.3) is 0 Å². The minimum atomic E-state index is -0.812. The summed E-state index contributed by atoms with van der Waals surface area (Å²) < 4.78 is 5.29. The van der Waals surface area contributed by atoms with E-state index in [4.69, 9.17) is 4.74 Å². The molecule has 1 aliphatic heterocycles. The molecule has 114 valence electrons. The first-order valence-electron chi connectivity index (χ1n) is 7.39. The molecule has 2 fully saturated rings. The van der Waals surface area contributed by atoms with Crippen molar-refractivity contribution < 1.29 is 19.4 Å². The summed E-state index contributed by atoms with van der Waals surface area (Å²) >= 11 is 0. The Balaban J connectivity index is 1.91. The van der Waals surface area contributed by atoms with E-state index in [2.05, 4.69) is 10.6 Å². The Kier molecular flexibility index (Phi) is 4.86. The van der Waals surface area contributed by atoms with Gasteiger partial charge in [0.2, 0.25) is 0 Å². The van der Waals surface area contributed by atoms with E-state index in [9.17, 15) is 14.7 Å². The highest BCUT2D eigenvalue weighted by molar-refractivity contribution is 5.77. The first-order valence-corrected chi connectivity index (χ1v) is 7.39. The lowest BCUT2D eigenvalue weighted by Gasteiger charge is -2.28. The van der Waals surface area contributed by atoms with E-state index in [0.717, 1.165) is 32.1 Å². The maximum absolute atomic E-state index is 12.1. The summed E-state index contributed by atoms with van der Waals surface area (Å²) in [6.07, 6.45) is 5.08. The van der Waals surface area contributed by atoms with Crippen molar-refractivity contribution in [3.05, 3.63) is 0 Å². The van der Waals surface area contributed by atoms with Crippen LogP contribution in [0.25, 0.3) is 0 Å². The number of rotatable bonds is 3. The molecule has 6 heteroatoms. The summed E-state index contributed by atoms with van der Waals surface area (Å²) in [5, 5.41) is 15.1. The van der Waals surface area contributed by atoms with Gasteiger partial charge < -0.3 is 20.5 Å². The zero-order chi connectivity index (χ0) is 14.6. The monoisotopic (exact) mass is 284 g/mol. The van der Waals surface area contributed by atoms with E-state index in [-0.39, 0.29) is 17.6 Å². The van der Waals surface area contributed by atoms with Gasteiger partial charge in [0, 0.05) is 12.6 Å². The number of carboxylic acids is 1. The van der Waals surface area contributed by atoms with Crippen LogP contribution in [0.3, 0.4) is 0 Å². The molecule has 1 saturated heterocycles. The summed E-state index contributed by atoms with van der Waals surface area (Å²) in [5.74, 6) is -1.29. The van der Waals surface area contributed by atoms with E-state index in [0.29, 0.717) is 19.6 Å². The Hall–Kier alpha value is -1.30.